The van der Waals surface area contributed by atoms with Crippen molar-refractivity contribution in [3.63, 3.8) is 0 Å². The van der Waals surface area contributed by atoms with E-state index in [9.17, 15) is 4.79 Å². The number of thiazole rings is 1. The molecule has 2 spiro atoms. The Kier molecular flexibility index (Phi) is 4.41. The molecule has 1 amide bonds. The number of hydrogen-bond donors (Lipinski definition) is 1. The lowest BCUT2D eigenvalue weighted by Crippen LogP contribution is -2.63. The Balaban J connectivity index is 1.26. The highest BCUT2D eigenvalue weighted by Gasteiger charge is 2.62. The third kappa shape index (κ3) is 3.32. The molecule has 5 rings (SSSR count). The lowest BCUT2D eigenvalue weighted by Gasteiger charge is -2.50. The third-order valence-corrected chi connectivity index (χ3v) is 7.01. The number of piperidine rings is 1. The van der Waals surface area contributed by atoms with Gasteiger partial charge < -0.3 is 20.3 Å². The van der Waals surface area contributed by atoms with Crippen LogP contribution in [-0.4, -0.2) is 53.2 Å². The fraction of sp³-hybridized carbons (Fsp3) is 0.524. The maximum absolute atomic E-state index is 13.0. The van der Waals surface area contributed by atoms with Crippen LogP contribution in [0.4, 0.5) is 10.8 Å². The highest BCUT2D eigenvalue weighted by atomic mass is 32.1. The molecule has 7 heteroatoms. The van der Waals surface area contributed by atoms with Gasteiger partial charge in [0.25, 0.3) is 5.91 Å². The van der Waals surface area contributed by atoms with E-state index in [4.69, 9.17) is 10.5 Å². The molecular formula is C21H26N4O2S. The zero-order valence-electron chi connectivity index (χ0n) is 16.0. The molecule has 0 unspecified atom stereocenters. The summed E-state index contributed by atoms with van der Waals surface area (Å²) in [5.41, 5.74) is 7.02. The molecule has 6 nitrogen and oxygen atoms in total. The van der Waals surface area contributed by atoms with Gasteiger partial charge in [-0.15, -0.1) is 11.3 Å². The minimum Gasteiger partial charge on any atom is -0.375 e. The summed E-state index contributed by atoms with van der Waals surface area (Å²) in [5, 5.41) is 2.69. The van der Waals surface area contributed by atoms with Gasteiger partial charge in [-0.05, 0) is 37.8 Å². The van der Waals surface area contributed by atoms with Gasteiger partial charge in [0.2, 0.25) is 0 Å². The molecule has 3 fully saturated rings. The molecule has 148 valence electrons. The summed E-state index contributed by atoms with van der Waals surface area (Å²) in [5.74, 6) is 0.146. The van der Waals surface area contributed by atoms with Crippen molar-refractivity contribution >= 4 is 28.1 Å². The van der Waals surface area contributed by atoms with Gasteiger partial charge in [0, 0.05) is 37.1 Å². The van der Waals surface area contributed by atoms with Gasteiger partial charge in [-0.25, -0.2) is 4.98 Å². The lowest BCUT2D eigenvalue weighted by molar-refractivity contribution is -0.172. The van der Waals surface area contributed by atoms with Crippen molar-refractivity contribution in [1.29, 1.82) is 0 Å². The van der Waals surface area contributed by atoms with Crippen molar-refractivity contribution in [3.05, 3.63) is 41.4 Å². The minimum atomic E-state index is -0.561. The van der Waals surface area contributed by atoms with E-state index in [-0.39, 0.29) is 11.5 Å². The van der Waals surface area contributed by atoms with Crippen LogP contribution in [0.2, 0.25) is 0 Å². The third-order valence-electron chi connectivity index (χ3n) is 6.29. The largest absolute Gasteiger partial charge is 0.375 e. The second-order valence-corrected chi connectivity index (χ2v) is 9.16. The smallest absolute Gasteiger partial charge is 0.259 e. The van der Waals surface area contributed by atoms with E-state index in [1.54, 1.807) is 0 Å². The number of nitrogen functional groups attached to an aromatic ring is 1. The maximum Gasteiger partial charge on any atom is 0.259 e. The molecule has 2 aliphatic heterocycles. The van der Waals surface area contributed by atoms with Crippen molar-refractivity contribution in [3.8, 4) is 0 Å². The fourth-order valence-electron chi connectivity index (χ4n) is 4.50. The van der Waals surface area contributed by atoms with Gasteiger partial charge in [0.05, 0.1) is 17.8 Å². The van der Waals surface area contributed by atoms with E-state index in [0.717, 1.165) is 63.1 Å². The fourth-order valence-corrected chi connectivity index (χ4v) is 5.09. The second-order valence-electron chi connectivity index (χ2n) is 8.27. The first kappa shape index (κ1) is 18.1. The van der Waals surface area contributed by atoms with Crippen molar-refractivity contribution in [2.45, 2.75) is 43.3 Å². The molecule has 2 aromatic rings. The molecule has 3 aliphatic rings. The number of rotatable bonds is 4. The van der Waals surface area contributed by atoms with Crippen LogP contribution in [-0.2, 0) is 16.0 Å². The molecule has 2 N–H and O–H groups in total. The normalized spacial score (nSPS) is 23.4. The van der Waals surface area contributed by atoms with Crippen LogP contribution < -0.4 is 10.6 Å². The van der Waals surface area contributed by atoms with E-state index in [0.29, 0.717) is 11.7 Å². The SMILES string of the molecule is Nc1nc(CCN2CCC3(CC2)CN(c2ccccc2)C(=O)C2(CC2)O3)cs1. The molecule has 0 bridgehead atoms. The minimum absolute atomic E-state index is 0.146. The number of nitrogens with two attached hydrogens (primary N) is 1. The van der Waals surface area contributed by atoms with Crippen LogP contribution in [0.25, 0.3) is 0 Å². The van der Waals surface area contributed by atoms with Crippen LogP contribution in [0.1, 0.15) is 31.4 Å². The summed E-state index contributed by atoms with van der Waals surface area (Å²) < 4.78 is 6.55. The van der Waals surface area contributed by atoms with Crippen molar-refractivity contribution < 1.29 is 9.53 Å². The summed E-state index contributed by atoms with van der Waals surface area (Å²) >= 11 is 1.50. The number of ether oxygens (including phenoxy) is 1. The molecular weight excluding hydrogens is 372 g/mol. The number of carbonyl (C=O) groups excluding carboxylic acids is 1. The van der Waals surface area contributed by atoms with E-state index < -0.39 is 5.60 Å². The topological polar surface area (TPSA) is 71.7 Å². The van der Waals surface area contributed by atoms with E-state index in [1.807, 2.05) is 40.6 Å². The average Bonchev–Trinajstić information content (AvgIpc) is 3.36. The number of benzene rings is 1. The number of likely N-dealkylation sites (tertiary alicyclic amines) is 1. The second kappa shape index (κ2) is 6.83. The lowest BCUT2D eigenvalue weighted by atomic mass is 9.87. The highest BCUT2D eigenvalue weighted by molar-refractivity contribution is 7.13. The van der Waals surface area contributed by atoms with Crippen molar-refractivity contribution in [2.24, 2.45) is 0 Å². The molecule has 1 aromatic carbocycles. The predicted molar refractivity (Wildman–Crippen MR) is 110 cm³/mol. The highest BCUT2D eigenvalue weighted by Crippen LogP contribution is 2.50. The molecule has 1 aliphatic carbocycles. The zero-order valence-corrected chi connectivity index (χ0v) is 16.8. The Bertz CT molecular complexity index is 856. The first-order valence-corrected chi connectivity index (χ1v) is 11.0. The van der Waals surface area contributed by atoms with Gasteiger partial charge in [0.1, 0.15) is 5.60 Å². The molecule has 1 saturated carbocycles. The van der Waals surface area contributed by atoms with Crippen LogP contribution in [0.15, 0.2) is 35.7 Å². The molecule has 0 radical (unpaired) electrons. The van der Waals surface area contributed by atoms with Crippen molar-refractivity contribution in [1.82, 2.24) is 9.88 Å². The molecule has 2 saturated heterocycles. The van der Waals surface area contributed by atoms with E-state index >= 15 is 0 Å². The number of amides is 1. The summed E-state index contributed by atoms with van der Waals surface area (Å²) in [6.07, 6.45) is 4.56. The van der Waals surface area contributed by atoms with Crippen molar-refractivity contribution in [2.75, 3.05) is 36.8 Å². The molecule has 0 atom stereocenters. The van der Waals surface area contributed by atoms with Gasteiger partial charge >= 0.3 is 0 Å². The van der Waals surface area contributed by atoms with Gasteiger partial charge in [-0.2, -0.15) is 0 Å². The van der Waals surface area contributed by atoms with E-state index in [2.05, 4.69) is 9.88 Å². The van der Waals surface area contributed by atoms with Crippen LogP contribution in [0, 0.1) is 0 Å². The maximum atomic E-state index is 13.0. The van der Waals surface area contributed by atoms with Gasteiger partial charge in [-0.3, -0.25) is 4.79 Å². The average molecular weight is 399 g/mol. The number of anilines is 2. The Morgan fingerprint density at radius 3 is 2.54 bits per heavy atom. The standard InChI is InChI=1S/C21H26N4O2S/c22-19-23-16(14-28-19)6-11-24-12-9-20(10-13-24)15-25(17-4-2-1-3-5-17)18(26)21(27-20)7-8-21/h1-5,14H,6-13,15H2,(H2,22,23). The molecule has 1 aromatic heterocycles. The van der Waals surface area contributed by atoms with Crippen LogP contribution in [0.5, 0.6) is 0 Å². The predicted octanol–water partition coefficient (Wildman–Crippen LogP) is 2.70. The Morgan fingerprint density at radius 2 is 1.89 bits per heavy atom. The molecule has 3 heterocycles. The van der Waals surface area contributed by atoms with Gasteiger partial charge in [-0.1, -0.05) is 18.2 Å². The first-order chi connectivity index (χ1) is 13.6. The van der Waals surface area contributed by atoms with Crippen LogP contribution in [0.3, 0.4) is 0 Å². The summed E-state index contributed by atoms with van der Waals surface area (Å²) in [6.45, 7) is 3.64. The zero-order chi connectivity index (χ0) is 19.2. The number of carbonyl (C=O) groups is 1. The van der Waals surface area contributed by atoms with Crippen LogP contribution >= 0.6 is 11.3 Å². The number of nitrogens with zero attached hydrogens (tertiary/aromatic N) is 3. The monoisotopic (exact) mass is 398 g/mol. The summed E-state index contributed by atoms with van der Waals surface area (Å²) in [7, 11) is 0. The number of para-hydroxylation sites is 1. The summed E-state index contributed by atoms with van der Waals surface area (Å²) in [4.78, 5) is 21.8. The number of aromatic nitrogens is 1. The number of morpholine rings is 1. The Morgan fingerprint density at radius 1 is 1.14 bits per heavy atom. The quantitative estimate of drug-likeness (QED) is 0.857. The molecule has 28 heavy (non-hydrogen) atoms. The van der Waals surface area contributed by atoms with Gasteiger partial charge in [0.15, 0.2) is 5.13 Å². The number of hydrogen-bond acceptors (Lipinski definition) is 6. The Hall–Kier alpha value is -1.96. The van der Waals surface area contributed by atoms with E-state index in [1.165, 1.54) is 11.3 Å². The first-order valence-electron chi connectivity index (χ1n) is 10.1. The Labute approximate surface area is 169 Å². The summed E-state index contributed by atoms with van der Waals surface area (Å²) in [6, 6.07) is 10.0.